The van der Waals surface area contributed by atoms with Crippen molar-refractivity contribution in [2.45, 2.75) is 18.9 Å². The summed E-state index contributed by atoms with van der Waals surface area (Å²) < 4.78 is 31.9. The maximum atomic E-state index is 13.7. The summed E-state index contributed by atoms with van der Waals surface area (Å²) in [6.07, 6.45) is 0. The van der Waals surface area contributed by atoms with Crippen LogP contribution in [-0.4, -0.2) is 23.6 Å². The van der Waals surface area contributed by atoms with Gasteiger partial charge in [0.1, 0.15) is 11.8 Å². The zero-order valence-corrected chi connectivity index (χ0v) is 12.3. The number of hydrogen-bond acceptors (Lipinski definition) is 4. The zero-order chi connectivity index (χ0) is 13.9. The van der Waals surface area contributed by atoms with Crippen LogP contribution < -0.4 is 5.73 Å². The van der Waals surface area contributed by atoms with Gasteiger partial charge in [-0.1, -0.05) is 15.9 Å². The lowest BCUT2D eigenvalue weighted by Gasteiger charge is -2.22. The second-order valence-corrected chi connectivity index (χ2v) is 4.38. The second-order valence-electron chi connectivity index (χ2n) is 3.53. The van der Waals surface area contributed by atoms with E-state index in [-0.39, 0.29) is 34.8 Å². The molecule has 0 spiro atoms. The number of halogens is 4. The van der Waals surface area contributed by atoms with Crippen molar-refractivity contribution in [1.29, 1.82) is 0 Å². The van der Waals surface area contributed by atoms with Gasteiger partial charge in [0.15, 0.2) is 0 Å². The number of benzene rings is 1. The highest BCUT2D eigenvalue weighted by Gasteiger charge is 2.48. The molecule has 0 fully saturated rings. The second kappa shape index (κ2) is 7.02. The molecule has 0 saturated heterocycles. The van der Waals surface area contributed by atoms with E-state index in [0.717, 1.165) is 6.07 Å². The first kappa shape index (κ1) is 18.1. The van der Waals surface area contributed by atoms with Gasteiger partial charge in [0.25, 0.3) is 0 Å². The van der Waals surface area contributed by atoms with Gasteiger partial charge in [0.2, 0.25) is 0 Å². The molecule has 0 amide bonds. The highest BCUT2D eigenvalue weighted by atomic mass is 79.9. The molecule has 19 heavy (non-hydrogen) atoms. The first-order valence-electron chi connectivity index (χ1n) is 5.09. The van der Waals surface area contributed by atoms with Crippen LogP contribution in [0.5, 0.6) is 5.75 Å². The van der Waals surface area contributed by atoms with Gasteiger partial charge < -0.3 is 15.6 Å². The van der Waals surface area contributed by atoms with Gasteiger partial charge in [0.05, 0.1) is 6.61 Å². The largest absolute Gasteiger partial charge is 0.508 e. The van der Waals surface area contributed by atoms with E-state index in [1.807, 2.05) is 0 Å². The van der Waals surface area contributed by atoms with Crippen molar-refractivity contribution < 1.29 is 23.4 Å². The first-order valence-corrected chi connectivity index (χ1v) is 5.89. The Labute approximate surface area is 123 Å². The number of aromatic hydroxyl groups is 1. The maximum absolute atomic E-state index is 13.7. The Morgan fingerprint density at radius 1 is 1.58 bits per heavy atom. The number of rotatable bonds is 4. The number of ether oxygens (including phenoxy) is 1. The molecule has 0 heterocycles. The number of nitrogens with two attached hydrogens (primary N) is 1. The molecule has 0 bridgehead atoms. The zero-order valence-electron chi connectivity index (χ0n) is 9.90. The van der Waals surface area contributed by atoms with Crippen molar-refractivity contribution in [3.63, 3.8) is 0 Å². The lowest BCUT2D eigenvalue weighted by atomic mass is 10.0. The number of carbonyl (C=O) groups is 1. The molecule has 3 N–H and O–H groups in total. The van der Waals surface area contributed by atoms with Gasteiger partial charge in [-0.3, -0.25) is 0 Å². The lowest BCUT2D eigenvalue weighted by molar-refractivity contribution is -0.174. The van der Waals surface area contributed by atoms with Crippen LogP contribution in [0.2, 0.25) is 0 Å². The number of hydrogen-bond donors (Lipinski definition) is 2. The summed E-state index contributed by atoms with van der Waals surface area (Å²) in [7, 11) is 0. The molecule has 0 unspecified atom stereocenters. The Morgan fingerprint density at radius 3 is 2.68 bits per heavy atom. The van der Waals surface area contributed by atoms with Crippen molar-refractivity contribution in [1.82, 2.24) is 0 Å². The maximum Gasteiger partial charge on any atom is 0.379 e. The third kappa shape index (κ3) is 4.02. The van der Waals surface area contributed by atoms with Gasteiger partial charge in [-0.05, 0) is 30.7 Å². The van der Waals surface area contributed by atoms with Crippen LogP contribution >= 0.6 is 28.3 Å². The van der Waals surface area contributed by atoms with Gasteiger partial charge in [-0.2, -0.15) is 8.78 Å². The molecule has 1 atom stereocenters. The van der Waals surface area contributed by atoms with Gasteiger partial charge in [-0.25, -0.2) is 4.79 Å². The molecular weight excluding hydrogens is 347 g/mol. The molecule has 0 aliphatic heterocycles. The fourth-order valence-electron chi connectivity index (χ4n) is 1.32. The van der Waals surface area contributed by atoms with Crippen LogP contribution in [0.3, 0.4) is 0 Å². The summed E-state index contributed by atoms with van der Waals surface area (Å²) in [4.78, 5) is 11.1. The number of alkyl halides is 2. The minimum atomic E-state index is -3.87. The summed E-state index contributed by atoms with van der Waals surface area (Å²) in [5.41, 5.74) is 5.31. The molecule has 0 saturated carbocycles. The summed E-state index contributed by atoms with van der Waals surface area (Å²) in [5, 5.41) is 9.26. The minimum Gasteiger partial charge on any atom is -0.508 e. The topological polar surface area (TPSA) is 72.5 Å². The highest BCUT2D eigenvalue weighted by Crippen LogP contribution is 2.35. The van der Waals surface area contributed by atoms with Gasteiger partial charge >= 0.3 is 11.9 Å². The van der Waals surface area contributed by atoms with E-state index in [9.17, 15) is 18.7 Å². The van der Waals surface area contributed by atoms with Crippen LogP contribution in [0.25, 0.3) is 0 Å². The summed E-state index contributed by atoms with van der Waals surface area (Å²) in [6, 6.07) is 1.84. The number of esters is 1. The van der Waals surface area contributed by atoms with Crippen molar-refractivity contribution in [2.75, 3.05) is 6.61 Å². The summed E-state index contributed by atoms with van der Waals surface area (Å²) in [5.74, 6) is -5.78. The quantitative estimate of drug-likeness (QED) is 0.810. The number of phenolic OH excluding ortho intramolecular Hbond substituents is 1. The normalized spacial score (nSPS) is 12.5. The monoisotopic (exact) mass is 359 g/mol. The van der Waals surface area contributed by atoms with Crippen LogP contribution in [0, 0.1) is 0 Å². The third-order valence-electron chi connectivity index (χ3n) is 2.25. The number of carbonyl (C=O) groups excluding carboxylic acids is 1. The molecule has 8 heteroatoms. The molecular formula is C11H13BrClF2NO3. The van der Waals surface area contributed by atoms with E-state index in [0.29, 0.717) is 0 Å². The Kier molecular flexibility index (Phi) is 6.68. The molecule has 0 aliphatic carbocycles. The van der Waals surface area contributed by atoms with Gasteiger partial charge in [0, 0.05) is 4.47 Å². The van der Waals surface area contributed by atoms with Crippen molar-refractivity contribution >= 4 is 34.3 Å². The fraction of sp³-hybridized carbons (Fsp3) is 0.364. The standard InChI is InChI=1S/C11H12BrF2NO3.ClH/c1-2-18-10(17)11(13,14)9(15)7-5-6(16)3-4-8(7)12;/h3-5,9,16H,2,15H2,1H3;1H/t9-;/m1./s1. The van der Waals surface area contributed by atoms with Crippen LogP contribution in [0.15, 0.2) is 22.7 Å². The smallest absolute Gasteiger partial charge is 0.379 e. The Bertz CT molecular complexity index is 460. The average Bonchev–Trinajstić information content (AvgIpc) is 2.31. The third-order valence-corrected chi connectivity index (χ3v) is 2.97. The molecule has 1 aromatic carbocycles. The average molecular weight is 361 g/mol. The molecule has 4 nitrogen and oxygen atoms in total. The first-order chi connectivity index (χ1) is 8.30. The van der Waals surface area contributed by atoms with E-state index in [1.165, 1.54) is 19.1 Å². The van der Waals surface area contributed by atoms with Crippen LogP contribution in [0.1, 0.15) is 18.5 Å². The lowest BCUT2D eigenvalue weighted by Crippen LogP contribution is -2.41. The van der Waals surface area contributed by atoms with E-state index < -0.39 is 17.9 Å². The molecule has 0 aromatic heterocycles. The Morgan fingerprint density at radius 2 is 2.16 bits per heavy atom. The van der Waals surface area contributed by atoms with E-state index >= 15 is 0 Å². The SMILES string of the molecule is CCOC(=O)C(F)(F)[C@H](N)c1cc(O)ccc1Br.Cl. The van der Waals surface area contributed by atoms with E-state index in [2.05, 4.69) is 20.7 Å². The van der Waals surface area contributed by atoms with Crippen molar-refractivity contribution in [3.05, 3.63) is 28.2 Å². The molecule has 0 aliphatic rings. The highest BCUT2D eigenvalue weighted by molar-refractivity contribution is 9.10. The van der Waals surface area contributed by atoms with Crippen molar-refractivity contribution in [3.8, 4) is 5.75 Å². The molecule has 1 rings (SSSR count). The van der Waals surface area contributed by atoms with Crippen LogP contribution in [-0.2, 0) is 9.53 Å². The summed E-state index contributed by atoms with van der Waals surface area (Å²) in [6.45, 7) is 1.26. The molecule has 0 radical (unpaired) electrons. The van der Waals surface area contributed by atoms with Gasteiger partial charge in [-0.15, -0.1) is 12.4 Å². The fourth-order valence-corrected chi connectivity index (χ4v) is 1.81. The molecule has 108 valence electrons. The molecule has 1 aromatic rings. The Hall–Kier alpha value is -0.920. The van der Waals surface area contributed by atoms with Crippen molar-refractivity contribution in [2.24, 2.45) is 5.73 Å². The summed E-state index contributed by atoms with van der Waals surface area (Å²) >= 11 is 3.04. The number of phenols is 1. The predicted octanol–water partition coefficient (Wildman–Crippen LogP) is 2.77. The Balaban J connectivity index is 0.00000324. The van der Waals surface area contributed by atoms with Crippen LogP contribution in [0.4, 0.5) is 8.78 Å². The van der Waals surface area contributed by atoms with E-state index in [1.54, 1.807) is 0 Å². The minimum absolute atomic E-state index is 0. The predicted molar refractivity (Wildman–Crippen MR) is 71.6 cm³/mol. The van der Waals surface area contributed by atoms with E-state index in [4.69, 9.17) is 5.73 Å².